The second-order valence-electron chi connectivity index (χ2n) is 6.28. The van der Waals surface area contributed by atoms with Crippen LogP contribution in [-0.4, -0.2) is 57.5 Å². The summed E-state index contributed by atoms with van der Waals surface area (Å²) >= 11 is 1.80. The first-order chi connectivity index (χ1) is 13.1. The zero-order valence-electron chi connectivity index (χ0n) is 15.0. The van der Waals surface area contributed by atoms with Crippen LogP contribution in [0.25, 0.3) is 22.6 Å². The van der Waals surface area contributed by atoms with E-state index in [2.05, 4.69) is 19.9 Å². The van der Waals surface area contributed by atoms with E-state index >= 15 is 0 Å². The molecule has 3 aromatic rings. The molecule has 1 fully saturated rings. The van der Waals surface area contributed by atoms with E-state index in [0.29, 0.717) is 42.5 Å². The molecule has 0 spiro atoms. The van der Waals surface area contributed by atoms with Crippen LogP contribution in [0.4, 0.5) is 4.79 Å². The van der Waals surface area contributed by atoms with Gasteiger partial charge >= 0.3 is 0 Å². The van der Waals surface area contributed by atoms with Gasteiger partial charge in [-0.2, -0.15) is 4.98 Å². The molecule has 0 saturated carbocycles. The van der Waals surface area contributed by atoms with E-state index in [1.165, 1.54) is 6.33 Å². The minimum absolute atomic E-state index is 0.0310. The summed E-state index contributed by atoms with van der Waals surface area (Å²) in [7, 11) is 0. The SMILES string of the molecule is CCn1c(-c2cnc(C)nc2)nc2c(O[C@H]3CCN(C(=O)I)C3)ncnc21. The van der Waals surface area contributed by atoms with Crippen molar-refractivity contribution in [2.24, 2.45) is 0 Å². The largest absolute Gasteiger partial charge is 0.471 e. The molecule has 1 aliphatic heterocycles. The van der Waals surface area contributed by atoms with Gasteiger partial charge in [0.05, 0.1) is 12.1 Å². The summed E-state index contributed by atoms with van der Waals surface area (Å²) in [5.74, 6) is 1.87. The summed E-state index contributed by atoms with van der Waals surface area (Å²) < 4.78 is 8.11. The average Bonchev–Trinajstić information content (AvgIpc) is 3.27. The van der Waals surface area contributed by atoms with E-state index in [1.54, 1.807) is 39.9 Å². The zero-order chi connectivity index (χ0) is 19.0. The van der Waals surface area contributed by atoms with Crippen LogP contribution < -0.4 is 4.74 Å². The maximum atomic E-state index is 11.5. The molecule has 9 nitrogen and oxygen atoms in total. The highest BCUT2D eigenvalue weighted by atomic mass is 127. The minimum atomic E-state index is -0.0975. The van der Waals surface area contributed by atoms with Crippen LogP contribution in [0, 0.1) is 6.92 Å². The molecular weight excluding hydrogens is 461 g/mol. The van der Waals surface area contributed by atoms with E-state index < -0.39 is 0 Å². The number of carbonyl (C=O) groups is 1. The van der Waals surface area contributed by atoms with Crippen LogP contribution in [0.5, 0.6) is 5.88 Å². The molecule has 0 N–H and O–H groups in total. The number of likely N-dealkylation sites (tertiary alicyclic amines) is 1. The number of amides is 1. The van der Waals surface area contributed by atoms with Gasteiger partial charge in [0.2, 0.25) is 5.88 Å². The molecule has 1 atom stereocenters. The Morgan fingerprint density at radius 2 is 2.07 bits per heavy atom. The van der Waals surface area contributed by atoms with Crippen LogP contribution >= 0.6 is 22.6 Å². The Morgan fingerprint density at radius 3 is 2.74 bits per heavy atom. The first-order valence-corrected chi connectivity index (χ1v) is 9.76. The summed E-state index contributed by atoms with van der Waals surface area (Å²) in [6.45, 7) is 5.81. The van der Waals surface area contributed by atoms with Gasteiger partial charge in [0, 0.05) is 54.5 Å². The van der Waals surface area contributed by atoms with Gasteiger partial charge in [-0.25, -0.2) is 19.9 Å². The number of rotatable bonds is 4. The van der Waals surface area contributed by atoms with Gasteiger partial charge in [0.1, 0.15) is 24.1 Å². The monoisotopic (exact) mass is 479 g/mol. The maximum absolute atomic E-state index is 11.5. The van der Waals surface area contributed by atoms with E-state index in [-0.39, 0.29) is 10.0 Å². The fourth-order valence-corrected chi connectivity index (χ4v) is 3.61. The molecule has 10 heteroatoms. The van der Waals surface area contributed by atoms with Crippen molar-refractivity contribution < 1.29 is 9.53 Å². The van der Waals surface area contributed by atoms with Gasteiger partial charge in [0.25, 0.3) is 3.91 Å². The molecule has 3 aromatic heterocycles. The quantitative estimate of drug-likeness (QED) is 0.322. The van der Waals surface area contributed by atoms with Crippen molar-refractivity contribution in [3.05, 3.63) is 24.5 Å². The third-order valence-corrected chi connectivity index (χ3v) is 5.21. The highest BCUT2D eigenvalue weighted by Crippen LogP contribution is 2.29. The molecule has 1 saturated heterocycles. The number of halogens is 1. The molecule has 4 rings (SSSR count). The Kier molecular flexibility index (Phi) is 4.89. The molecule has 0 unspecified atom stereocenters. The highest BCUT2D eigenvalue weighted by molar-refractivity contribution is 14.1. The lowest BCUT2D eigenvalue weighted by molar-refractivity contribution is 0.197. The van der Waals surface area contributed by atoms with Crippen molar-refractivity contribution in [1.82, 2.24) is 34.4 Å². The van der Waals surface area contributed by atoms with E-state index in [0.717, 1.165) is 17.8 Å². The van der Waals surface area contributed by atoms with Gasteiger partial charge in [-0.05, 0) is 13.8 Å². The van der Waals surface area contributed by atoms with Crippen LogP contribution in [0.1, 0.15) is 19.2 Å². The molecule has 140 valence electrons. The van der Waals surface area contributed by atoms with Gasteiger partial charge in [-0.3, -0.25) is 4.79 Å². The Morgan fingerprint density at radius 1 is 1.30 bits per heavy atom. The second kappa shape index (κ2) is 7.33. The van der Waals surface area contributed by atoms with Crippen molar-refractivity contribution in [1.29, 1.82) is 0 Å². The maximum Gasteiger partial charge on any atom is 0.283 e. The molecule has 27 heavy (non-hydrogen) atoms. The summed E-state index contributed by atoms with van der Waals surface area (Å²) in [4.78, 5) is 35.2. The topological polar surface area (TPSA) is 98.9 Å². The van der Waals surface area contributed by atoms with Gasteiger partial charge in [0.15, 0.2) is 11.2 Å². The molecule has 0 bridgehead atoms. The molecule has 0 radical (unpaired) electrons. The van der Waals surface area contributed by atoms with Crippen molar-refractivity contribution in [3.8, 4) is 17.3 Å². The lowest BCUT2D eigenvalue weighted by Crippen LogP contribution is -2.26. The minimum Gasteiger partial charge on any atom is -0.471 e. The molecule has 0 aliphatic carbocycles. The van der Waals surface area contributed by atoms with Gasteiger partial charge in [-0.1, -0.05) is 0 Å². The number of nitrogens with zero attached hydrogens (tertiary/aromatic N) is 7. The van der Waals surface area contributed by atoms with Crippen LogP contribution in [0.15, 0.2) is 18.7 Å². The number of aromatic nitrogens is 6. The molecule has 0 aromatic carbocycles. The van der Waals surface area contributed by atoms with Crippen molar-refractivity contribution in [2.75, 3.05) is 13.1 Å². The van der Waals surface area contributed by atoms with Crippen LogP contribution in [0.2, 0.25) is 0 Å². The molecule has 1 aliphatic rings. The van der Waals surface area contributed by atoms with Crippen molar-refractivity contribution in [2.45, 2.75) is 32.9 Å². The Labute approximate surface area is 169 Å². The third kappa shape index (κ3) is 3.45. The Bertz CT molecular complexity index is 989. The number of hydrogen-bond acceptors (Lipinski definition) is 7. The molecule has 4 heterocycles. The number of fused-ring (bicyclic) bond motifs is 1. The zero-order valence-corrected chi connectivity index (χ0v) is 17.1. The number of carbonyl (C=O) groups excluding carboxylic acids is 1. The highest BCUT2D eigenvalue weighted by Gasteiger charge is 2.28. The van der Waals surface area contributed by atoms with E-state index in [9.17, 15) is 4.79 Å². The van der Waals surface area contributed by atoms with Crippen molar-refractivity contribution in [3.63, 3.8) is 0 Å². The number of aryl methyl sites for hydroxylation is 2. The summed E-state index contributed by atoms with van der Waals surface area (Å²) in [6, 6.07) is 0. The number of hydrogen-bond donors (Lipinski definition) is 0. The lowest BCUT2D eigenvalue weighted by atomic mass is 10.3. The van der Waals surface area contributed by atoms with Crippen LogP contribution in [0.3, 0.4) is 0 Å². The summed E-state index contributed by atoms with van der Waals surface area (Å²) in [6.07, 6.45) is 5.67. The van der Waals surface area contributed by atoms with E-state index in [4.69, 9.17) is 9.72 Å². The third-order valence-electron chi connectivity index (χ3n) is 4.53. The standard InChI is InChI=1S/C17H18IN7O2/c1-3-25-14(11-6-19-10(2)20-7-11)23-13-15(25)21-9-22-16(13)27-12-4-5-24(8-12)17(18)26/h6-7,9,12H,3-5,8H2,1-2H3/t12-/m0/s1. The normalized spacial score (nSPS) is 16.9. The molecule has 1 amide bonds. The summed E-state index contributed by atoms with van der Waals surface area (Å²) in [5.41, 5.74) is 2.13. The molecular formula is C17H18IN7O2. The second-order valence-corrected chi connectivity index (χ2v) is 7.20. The first-order valence-electron chi connectivity index (χ1n) is 8.68. The smallest absolute Gasteiger partial charge is 0.283 e. The van der Waals surface area contributed by atoms with Crippen molar-refractivity contribution >= 4 is 37.7 Å². The summed E-state index contributed by atoms with van der Waals surface area (Å²) in [5, 5.41) is 0. The predicted octanol–water partition coefficient (Wildman–Crippen LogP) is 2.62. The average molecular weight is 479 g/mol. The Hall–Kier alpha value is -2.37. The first kappa shape index (κ1) is 18.0. The predicted molar refractivity (Wildman–Crippen MR) is 107 cm³/mol. The van der Waals surface area contributed by atoms with E-state index in [1.807, 2.05) is 18.4 Å². The van der Waals surface area contributed by atoms with Crippen LogP contribution in [-0.2, 0) is 6.54 Å². The fourth-order valence-electron chi connectivity index (χ4n) is 3.17. The lowest BCUT2D eigenvalue weighted by Gasteiger charge is -2.14. The van der Waals surface area contributed by atoms with Gasteiger partial charge < -0.3 is 14.2 Å². The Balaban J connectivity index is 1.71. The number of ether oxygens (including phenoxy) is 1. The fraction of sp³-hybridized carbons (Fsp3) is 0.412. The van der Waals surface area contributed by atoms with Gasteiger partial charge in [-0.15, -0.1) is 0 Å². The number of imidazole rings is 1.